The van der Waals surface area contributed by atoms with Crippen molar-refractivity contribution in [3.05, 3.63) is 54.1 Å². The lowest BCUT2D eigenvalue weighted by Gasteiger charge is -2.14. The van der Waals surface area contributed by atoms with Gasteiger partial charge in [0.1, 0.15) is 5.75 Å². The van der Waals surface area contributed by atoms with Crippen molar-refractivity contribution in [2.75, 3.05) is 23.4 Å². The van der Waals surface area contributed by atoms with Gasteiger partial charge in [0.25, 0.3) is 5.91 Å². The summed E-state index contributed by atoms with van der Waals surface area (Å²) in [5.74, 6) is 0.776. The summed E-state index contributed by atoms with van der Waals surface area (Å²) < 4.78 is 28.9. The smallest absolute Gasteiger partial charge is 0.256 e. The van der Waals surface area contributed by atoms with E-state index in [-0.39, 0.29) is 22.7 Å². The first kappa shape index (κ1) is 18.8. The van der Waals surface area contributed by atoms with Crippen molar-refractivity contribution in [1.29, 1.82) is 0 Å². The second-order valence-electron chi connectivity index (χ2n) is 6.02. The van der Waals surface area contributed by atoms with Crippen molar-refractivity contribution in [3.63, 3.8) is 0 Å². The summed E-state index contributed by atoms with van der Waals surface area (Å²) in [4.78, 5) is 13.6. The molecule has 1 atom stereocenters. The number of thioether (sulfide) groups is 1. The van der Waals surface area contributed by atoms with Crippen molar-refractivity contribution in [3.8, 4) is 5.75 Å². The van der Waals surface area contributed by atoms with E-state index in [9.17, 15) is 13.2 Å². The van der Waals surface area contributed by atoms with Gasteiger partial charge in [-0.2, -0.15) is 0 Å². The van der Waals surface area contributed by atoms with Crippen molar-refractivity contribution in [2.24, 2.45) is 0 Å². The van der Waals surface area contributed by atoms with E-state index in [0.717, 1.165) is 4.90 Å². The van der Waals surface area contributed by atoms with Gasteiger partial charge in [-0.1, -0.05) is 24.3 Å². The van der Waals surface area contributed by atoms with E-state index in [1.165, 1.54) is 11.8 Å². The summed E-state index contributed by atoms with van der Waals surface area (Å²) in [5.41, 5.74) is 1.15. The maximum Gasteiger partial charge on any atom is 0.256 e. The summed E-state index contributed by atoms with van der Waals surface area (Å²) in [6.45, 7) is 2.40. The lowest BCUT2D eigenvalue weighted by atomic mass is 10.2. The van der Waals surface area contributed by atoms with E-state index in [1.54, 1.807) is 18.2 Å². The second-order valence-corrected chi connectivity index (χ2v) is 9.59. The topological polar surface area (TPSA) is 72.5 Å². The zero-order valence-corrected chi connectivity index (χ0v) is 16.1. The number of hydrogen-bond donors (Lipinski definition) is 1. The van der Waals surface area contributed by atoms with Crippen molar-refractivity contribution < 1.29 is 17.9 Å². The van der Waals surface area contributed by atoms with Gasteiger partial charge in [0.2, 0.25) is 0 Å². The van der Waals surface area contributed by atoms with Crippen LogP contribution in [0.4, 0.5) is 5.69 Å². The molecular weight excluding hydrogens is 370 g/mol. The number of carbonyl (C=O) groups is 1. The van der Waals surface area contributed by atoms with Crippen molar-refractivity contribution >= 4 is 33.2 Å². The van der Waals surface area contributed by atoms with Gasteiger partial charge in [0.05, 0.1) is 29.4 Å². The van der Waals surface area contributed by atoms with Crippen LogP contribution in [0, 0.1) is 0 Å². The number of para-hydroxylation sites is 2. The summed E-state index contributed by atoms with van der Waals surface area (Å²) >= 11 is 1.46. The lowest BCUT2D eigenvalue weighted by Crippen LogP contribution is -2.15. The normalized spacial score (nSPS) is 18.4. The van der Waals surface area contributed by atoms with Crippen LogP contribution in [0.15, 0.2) is 53.4 Å². The molecule has 0 unspecified atom stereocenters. The SMILES string of the molecule is CCOc1ccccc1NC(=O)c1ccccc1S[C@H]1CCS(=O)(=O)C1. The van der Waals surface area contributed by atoms with Crippen LogP contribution in [-0.2, 0) is 9.84 Å². The molecule has 2 aromatic rings. The molecule has 0 aliphatic carbocycles. The average molecular weight is 392 g/mol. The third-order valence-electron chi connectivity index (χ3n) is 4.05. The first-order valence-electron chi connectivity index (χ1n) is 8.48. The number of amides is 1. The lowest BCUT2D eigenvalue weighted by molar-refractivity contribution is 0.102. The quantitative estimate of drug-likeness (QED) is 0.814. The Balaban J connectivity index is 1.78. The first-order valence-corrected chi connectivity index (χ1v) is 11.2. The first-order chi connectivity index (χ1) is 12.5. The maximum atomic E-state index is 12.8. The molecule has 2 aromatic carbocycles. The van der Waals surface area contributed by atoms with E-state index in [2.05, 4.69) is 5.32 Å². The number of hydrogen-bond acceptors (Lipinski definition) is 5. The number of carbonyl (C=O) groups excluding carboxylic acids is 1. The fourth-order valence-electron chi connectivity index (χ4n) is 2.83. The fraction of sp³-hybridized carbons (Fsp3) is 0.316. The van der Waals surface area contributed by atoms with E-state index in [0.29, 0.717) is 30.0 Å². The van der Waals surface area contributed by atoms with Gasteiger partial charge in [0.15, 0.2) is 9.84 Å². The summed E-state index contributed by atoms with van der Waals surface area (Å²) in [6.07, 6.45) is 0.621. The number of benzene rings is 2. The zero-order valence-electron chi connectivity index (χ0n) is 14.5. The Morgan fingerprint density at radius 1 is 1.19 bits per heavy atom. The fourth-order valence-corrected chi connectivity index (χ4v) is 6.46. The van der Waals surface area contributed by atoms with E-state index >= 15 is 0 Å². The Kier molecular flexibility index (Phi) is 5.88. The Hall–Kier alpha value is -1.99. The zero-order chi connectivity index (χ0) is 18.6. The Labute approximate surface area is 158 Å². The van der Waals surface area contributed by atoms with Crippen LogP contribution in [0.25, 0.3) is 0 Å². The van der Waals surface area contributed by atoms with Crippen LogP contribution in [0.2, 0.25) is 0 Å². The molecule has 0 bridgehead atoms. The van der Waals surface area contributed by atoms with Gasteiger partial charge in [-0.3, -0.25) is 4.79 Å². The third-order valence-corrected chi connectivity index (χ3v) is 7.38. The molecule has 0 aromatic heterocycles. The van der Waals surface area contributed by atoms with E-state index in [1.807, 2.05) is 37.3 Å². The number of rotatable bonds is 6. The summed E-state index contributed by atoms with van der Waals surface area (Å²) in [6, 6.07) is 14.6. The molecule has 3 rings (SSSR count). The highest BCUT2D eigenvalue weighted by molar-refractivity contribution is 8.02. The van der Waals surface area contributed by atoms with Crippen LogP contribution in [-0.4, -0.2) is 37.7 Å². The van der Waals surface area contributed by atoms with Gasteiger partial charge in [-0.25, -0.2) is 8.42 Å². The molecule has 26 heavy (non-hydrogen) atoms. The molecule has 1 saturated heterocycles. The Bertz CT molecular complexity index is 896. The highest BCUT2D eigenvalue weighted by Crippen LogP contribution is 2.33. The predicted octanol–water partition coefficient (Wildman–Crippen LogP) is 3.62. The predicted molar refractivity (Wildman–Crippen MR) is 105 cm³/mol. The van der Waals surface area contributed by atoms with Crippen LogP contribution < -0.4 is 10.1 Å². The molecule has 5 nitrogen and oxygen atoms in total. The molecular formula is C19H21NO4S2. The third kappa shape index (κ3) is 4.59. The minimum atomic E-state index is -2.95. The largest absolute Gasteiger partial charge is 0.492 e. The van der Waals surface area contributed by atoms with Gasteiger partial charge < -0.3 is 10.1 Å². The molecule has 1 aliphatic heterocycles. The Morgan fingerprint density at radius 3 is 2.65 bits per heavy atom. The van der Waals surface area contributed by atoms with Gasteiger partial charge in [0, 0.05) is 10.1 Å². The van der Waals surface area contributed by atoms with Crippen LogP contribution in [0.5, 0.6) is 5.75 Å². The Morgan fingerprint density at radius 2 is 1.92 bits per heavy atom. The molecule has 0 saturated carbocycles. The van der Waals surface area contributed by atoms with Gasteiger partial charge >= 0.3 is 0 Å². The molecule has 7 heteroatoms. The molecule has 1 heterocycles. The highest BCUT2D eigenvalue weighted by atomic mass is 32.2. The molecule has 1 fully saturated rings. The highest BCUT2D eigenvalue weighted by Gasteiger charge is 2.29. The number of ether oxygens (including phenoxy) is 1. The molecule has 1 aliphatic rings. The van der Waals surface area contributed by atoms with Crippen LogP contribution in [0.1, 0.15) is 23.7 Å². The molecule has 1 amide bonds. The summed E-state index contributed by atoms with van der Waals surface area (Å²) in [5, 5.41) is 2.89. The number of nitrogens with one attached hydrogen (secondary N) is 1. The maximum absolute atomic E-state index is 12.8. The molecule has 0 radical (unpaired) electrons. The van der Waals surface area contributed by atoms with Gasteiger partial charge in [-0.15, -0.1) is 11.8 Å². The summed E-state index contributed by atoms with van der Waals surface area (Å²) in [7, 11) is -2.95. The monoisotopic (exact) mass is 391 g/mol. The van der Waals surface area contributed by atoms with Crippen molar-refractivity contribution in [2.45, 2.75) is 23.5 Å². The van der Waals surface area contributed by atoms with E-state index < -0.39 is 9.84 Å². The van der Waals surface area contributed by atoms with Gasteiger partial charge in [-0.05, 0) is 37.6 Å². The second kappa shape index (κ2) is 8.14. The number of anilines is 1. The van der Waals surface area contributed by atoms with Crippen molar-refractivity contribution in [1.82, 2.24) is 0 Å². The van der Waals surface area contributed by atoms with E-state index in [4.69, 9.17) is 4.74 Å². The standard InChI is InChI=1S/C19H21NO4S2/c1-2-24-17-9-5-4-8-16(17)20-19(21)15-7-3-6-10-18(15)25-14-11-12-26(22,23)13-14/h3-10,14H,2,11-13H2,1H3,(H,20,21)/t14-/m0/s1. The molecule has 138 valence electrons. The van der Waals surface area contributed by atoms with Crippen LogP contribution >= 0.6 is 11.8 Å². The molecule has 0 spiro atoms. The van der Waals surface area contributed by atoms with Crippen LogP contribution in [0.3, 0.4) is 0 Å². The minimum Gasteiger partial charge on any atom is -0.492 e. The minimum absolute atomic E-state index is 0.00957. The number of sulfone groups is 1. The molecule has 1 N–H and O–H groups in total. The average Bonchev–Trinajstić information content (AvgIpc) is 2.96.